The molecule has 0 unspecified atom stereocenters. The first-order valence-corrected chi connectivity index (χ1v) is 8.95. The Morgan fingerprint density at radius 1 is 1.00 bits per heavy atom. The normalized spacial score (nSPS) is 17.7. The number of benzene rings is 2. The quantitative estimate of drug-likeness (QED) is 0.622. The molecule has 0 N–H and O–H groups in total. The van der Waals surface area contributed by atoms with E-state index in [4.69, 9.17) is 9.41 Å². The van der Waals surface area contributed by atoms with E-state index in [1.807, 2.05) is 19.1 Å². The zero-order valence-electron chi connectivity index (χ0n) is 15.9. The summed E-state index contributed by atoms with van der Waals surface area (Å²) < 4.78 is 5.57. The fraction of sp³-hybridized carbons (Fsp3) is 0.304. The molecule has 2 aromatic carbocycles. The number of aliphatic imine (C=N–C) groups is 1. The second kappa shape index (κ2) is 5.41. The molecule has 26 heavy (non-hydrogen) atoms. The lowest BCUT2D eigenvalue weighted by Gasteiger charge is -2.44. The lowest BCUT2D eigenvalue weighted by molar-refractivity contribution is 0.303. The summed E-state index contributed by atoms with van der Waals surface area (Å²) in [5.74, 6) is 0. The van der Waals surface area contributed by atoms with Crippen molar-refractivity contribution in [2.45, 2.75) is 45.6 Å². The van der Waals surface area contributed by atoms with Gasteiger partial charge in [0.25, 0.3) is 0 Å². The average molecular weight is 345 g/mol. The van der Waals surface area contributed by atoms with Gasteiger partial charge in [-0.05, 0) is 44.0 Å². The van der Waals surface area contributed by atoms with Crippen LogP contribution in [0.5, 0.6) is 0 Å². The van der Waals surface area contributed by atoms with E-state index < -0.39 is 0 Å². The lowest BCUT2D eigenvalue weighted by Crippen LogP contribution is -2.46. The molecule has 1 aliphatic heterocycles. The number of hydrogen-bond donors (Lipinski definition) is 0. The number of aryl methyl sites for hydroxylation is 1. The van der Waals surface area contributed by atoms with Crippen molar-refractivity contribution in [3.8, 4) is 0 Å². The maximum atomic E-state index is 12.3. The highest BCUT2D eigenvalue weighted by Gasteiger charge is 2.43. The van der Waals surface area contributed by atoms with E-state index in [9.17, 15) is 4.79 Å². The second-order valence-electron chi connectivity index (χ2n) is 8.14. The fourth-order valence-electron chi connectivity index (χ4n) is 3.77. The summed E-state index contributed by atoms with van der Waals surface area (Å²) >= 11 is 0. The summed E-state index contributed by atoms with van der Waals surface area (Å²) in [5.41, 5.74) is 5.54. The Labute approximate surface area is 153 Å². The zero-order chi connectivity index (χ0) is 18.7. The maximum absolute atomic E-state index is 12.3. The maximum Gasteiger partial charge on any atom is 0.192 e. The minimum Gasteiger partial charge on any atom is -0.464 e. The number of hydrogen-bond acceptors (Lipinski definition) is 3. The highest BCUT2D eigenvalue weighted by Crippen LogP contribution is 2.44. The van der Waals surface area contributed by atoms with Crippen LogP contribution in [-0.4, -0.2) is 11.3 Å². The number of fused-ring (bicyclic) bond motifs is 2. The largest absolute Gasteiger partial charge is 0.464 e. The van der Waals surface area contributed by atoms with Gasteiger partial charge in [-0.1, -0.05) is 38.1 Å². The predicted octanol–water partition coefficient (Wildman–Crippen LogP) is 5.01. The van der Waals surface area contributed by atoms with Gasteiger partial charge in [-0.3, -0.25) is 9.79 Å². The molecule has 0 aliphatic carbocycles. The summed E-state index contributed by atoms with van der Waals surface area (Å²) in [6, 6.07) is 13.9. The van der Waals surface area contributed by atoms with Crippen LogP contribution < -0.4 is 5.43 Å². The van der Waals surface area contributed by atoms with Crippen molar-refractivity contribution in [1.82, 2.24) is 0 Å². The van der Waals surface area contributed by atoms with Crippen LogP contribution in [0.1, 0.15) is 49.9 Å². The Bertz CT molecular complexity index is 1120. The van der Waals surface area contributed by atoms with Gasteiger partial charge in [0.05, 0.1) is 22.9 Å². The molecule has 0 saturated carbocycles. The van der Waals surface area contributed by atoms with Gasteiger partial charge >= 0.3 is 0 Å². The van der Waals surface area contributed by atoms with E-state index >= 15 is 0 Å². The Kier molecular flexibility index (Phi) is 3.49. The minimum atomic E-state index is -0.263. The second-order valence-corrected chi connectivity index (χ2v) is 8.14. The van der Waals surface area contributed by atoms with Gasteiger partial charge in [-0.2, -0.15) is 0 Å². The molecule has 1 aromatic heterocycles. The van der Waals surface area contributed by atoms with Crippen LogP contribution >= 0.6 is 0 Å². The van der Waals surface area contributed by atoms with Gasteiger partial charge in [0.15, 0.2) is 5.43 Å². The van der Waals surface area contributed by atoms with Crippen LogP contribution in [0.4, 0.5) is 0 Å². The van der Waals surface area contributed by atoms with Crippen LogP contribution in [0, 0.1) is 6.92 Å². The van der Waals surface area contributed by atoms with Gasteiger partial charge in [0.2, 0.25) is 0 Å². The summed E-state index contributed by atoms with van der Waals surface area (Å²) in [6.45, 7) is 10.8. The van der Waals surface area contributed by atoms with Crippen LogP contribution in [0.25, 0.3) is 11.0 Å². The van der Waals surface area contributed by atoms with E-state index in [1.165, 1.54) is 17.9 Å². The van der Waals surface area contributed by atoms with Crippen LogP contribution in [0.2, 0.25) is 0 Å². The standard InChI is InChI=1S/C23H23NO2/c1-14-12-15(13-17-19(25)10-11-26-21(14)17)20-16-8-6-7-9-18(16)22(2,3)23(4,5)24-20/h6-13H,1-5H3. The van der Waals surface area contributed by atoms with Crippen LogP contribution in [0.3, 0.4) is 0 Å². The molecular formula is C23H23NO2. The van der Waals surface area contributed by atoms with E-state index in [1.54, 1.807) is 0 Å². The van der Waals surface area contributed by atoms with Crippen LogP contribution in [-0.2, 0) is 5.41 Å². The van der Waals surface area contributed by atoms with E-state index in [-0.39, 0.29) is 16.4 Å². The molecule has 0 radical (unpaired) electrons. The molecule has 0 bridgehead atoms. The van der Waals surface area contributed by atoms with Crippen molar-refractivity contribution in [3.63, 3.8) is 0 Å². The van der Waals surface area contributed by atoms with E-state index in [2.05, 4.69) is 52.0 Å². The van der Waals surface area contributed by atoms with Crippen molar-refractivity contribution in [1.29, 1.82) is 0 Å². The topological polar surface area (TPSA) is 42.6 Å². The zero-order valence-corrected chi connectivity index (χ0v) is 15.9. The molecule has 3 nitrogen and oxygen atoms in total. The third-order valence-electron chi connectivity index (χ3n) is 6.00. The van der Waals surface area contributed by atoms with Gasteiger partial charge < -0.3 is 4.42 Å². The predicted molar refractivity (Wildman–Crippen MR) is 106 cm³/mol. The molecular weight excluding hydrogens is 322 g/mol. The lowest BCUT2D eigenvalue weighted by atomic mass is 9.65. The summed E-state index contributed by atoms with van der Waals surface area (Å²) in [4.78, 5) is 17.5. The monoisotopic (exact) mass is 345 g/mol. The Morgan fingerprint density at radius 2 is 1.73 bits per heavy atom. The van der Waals surface area contributed by atoms with Gasteiger partial charge in [0, 0.05) is 22.6 Å². The third-order valence-corrected chi connectivity index (χ3v) is 6.00. The van der Waals surface area contributed by atoms with Crippen molar-refractivity contribution in [3.05, 3.63) is 81.2 Å². The first-order valence-electron chi connectivity index (χ1n) is 8.95. The molecule has 3 heteroatoms. The summed E-state index contributed by atoms with van der Waals surface area (Å²) in [6.07, 6.45) is 1.45. The highest BCUT2D eigenvalue weighted by atomic mass is 16.3. The Morgan fingerprint density at radius 3 is 2.50 bits per heavy atom. The molecule has 4 rings (SSSR count). The van der Waals surface area contributed by atoms with E-state index in [0.29, 0.717) is 11.0 Å². The molecule has 0 spiro atoms. The minimum absolute atomic E-state index is 0.0273. The fourth-order valence-corrected chi connectivity index (χ4v) is 3.77. The van der Waals surface area contributed by atoms with Gasteiger partial charge in [-0.25, -0.2) is 0 Å². The molecule has 0 amide bonds. The molecule has 2 heterocycles. The SMILES string of the molecule is Cc1cc(C2=NC(C)(C)C(C)(C)c3ccccc32)cc2c(=O)ccoc12. The molecule has 3 aromatic rings. The van der Waals surface area contributed by atoms with Crippen LogP contribution in [0.15, 0.2) is 62.9 Å². The summed E-state index contributed by atoms with van der Waals surface area (Å²) in [7, 11) is 0. The molecule has 1 aliphatic rings. The third kappa shape index (κ3) is 2.27. The first-order chi connectivity index (χ1) is 12.2. The number of nitrogens with zero attached hydrogens (tertiary/aromatic N) is 1. The van der Waals surface area contributed by atoms with E-state index in [0.717, 1.165) is 22.4 Å². The van der Waals surface area contributed by atoms with Crippen molar-refractivity contribution >= 4 is 16.7 Å². The molecule has 132 valence electrons. The highest BCUT2D eigenvalue weighted by molar-refractivity contribution is 6.16. The number of rotatable bonds is 1. The van der Waals surface area contributed by atoms with Gasteiger partial charge in [0.1, 0.15) is 5.58 Å². The average Bonchev–Trinajstić information content (AvgIpc) is 2.59. The van der Waals surface area contributed by atoms with Crippen molar-refractivity contribution in [2.24, 2.45) is 4.99 Å². The molecule has 0 atom stereocenters. The smallest absolute Gasteiger partial charge is 0.192 e. The Balaban J connectivity index is 2.05. The molecule has 0 fully saturated rings. The summed E-state index contributed by atoms with van der Waals surface area (Å²) in [5, 5.41) is 0.602. The van der Waals surface area contributed by atoms with Crippen molar-refractivity contribution < 1.29 is 4.42 Å². The molecule has 0 saturated heterocycles. The Hall–Kier alpha value is -2.68. The first kappa shape index (κ1) is 16.8. The van der Waals surface area contributed by atoms with Gasteiger partial charge in [-0.15, -0.1) is 0 Å². The van der Waals surface area contributed by atoms with Crippen molar-refractivity contribution in [2.75, 3.05) is 0 Å².